The normalized spacial score (nSPS) is 10.1. The molecule has 9 nitrogen and oxygen atoms in total. The molecule has 0 saturated carbocycles. The third-order valence-electron chi connectivity index (χ3n) is 4.22. The van der Waals surface area contributed by atoms with E-state index in [0.29, 0.717) is 35.1 Å². The number of carbonyl (C=O) groups excluding carboxylic acids is 1. The van der Waals surface area contributed by atoms with Crippen LogP contribution in [0.5, 0.6) is 0 Å². The molecule has 0 fully saturated rings. The molecular weight excluding hydrogens is 392 g/mol. The number of nitro benzene ring substituents is 2. The predicted octanol–water partition coefficient (Wildman–Crippen LogP) is 4.81. The van der Waals surface area contributed by atoms with E-state index in [1.165, 1.54) is 36.4 Å². The lowest BCUT2D eigenvalue weighted by molar-refractivity contribution is -0.385. The number of ether oxygens (including phenoxy) is 2. The number of carbonyl (C=O) groups is 1. The minimum absolute atomic E-state index is 0.0638. The SMILES string of the molecule is C=CCc1cc([N+](=O)[O-])ccc1COC(=O)OCc1ccc([N+](=O)[O-])cc1CC=C. The average Bonchev–Trinajstić information content (AvgIpc) is 2.72. The van der Waals surface area contributed by atoms with Crippen LogP contribution in [0.25, 0.3) is 0 Å². The predicted molar refractivity (Wildman–Crippen MR) is 109 cm³/mol. The highest BCUT2D eigenvalue weighted by Crippen LogP contribution is 2.21. The fraction of sp³-hybridized carbons (Fsp3) is 0.190. The van der Waals surface area contributed by atoms with Crippen LogP contribution in [-0.4, -0.2) is 16.0 Å². The molecule has 0 aliphatic heterocycles. The molecule has 0 aliphatic rings. The fourth-order valence-electron chi connectivity index (χ4n) is 2.74. The van der Waals surface area contributed by atoms with Gasteiger partial charge in [-0.05, 0) is 47.2 Å². The van der Waals surface area contributed by atoms with E-state index in [2.05, 4.69) is 13.2 Å². The summed E-state index contributed by atoms with van der Waals surface area (Å²) in [5, 5.41) is 21.8. The summed E-state index contributed by atoms with van der Waals surface area (Å²) < 4.78 is 10.2. The van der Waals surface area contributed by atoms with Crippen molar-refractivity contribution in [3.63, 3.8) is 0 Å². The van der Waals surface area contributed by atoms with Gasteiger partial charge in [-0.2, -0.15) is 0 Å². The first-order valence-electron chi connectivity index (χ1n) is 8.89. The smallest absolute Gasteiger partial charge is 0.429 e. The zero-order chi connectivity index (χ0) is 22.1. The Hall–Kier alpha value is -4.01. The van der Waals surface area contributed by atoms with Crippen molar-refractivity contribution in [2.75, 3.05) is 0 Å². The highest BCUT2D eigenvalue weighted by molar-refractivity contribution is 5.60. The summed E-state index contributed by atoms with van der Waals surface area (Å²) in [6, 6.07) is 8.50. The third kappa shape index (κ3) is 5.99. The number of hydrogen-bond donors (Lipinski definition) is 0. The summed E-state index contributed by atoms with van der Waals surface area (Å²) in [7, 11) is 0. The number of nitrogens with zero attached hydrogens (tertiary/aromatic N) is 2. The van der Waals surface area contributed by atoms with Gasteiger partial charge in [-0.25, -0.2) is 4.79 Å². The van der Waals surface area contributed by atoms with E-state index >= 15 is 0 Å². The zero-order valence-corrected chi connectivity index (χ0v) is 16.1. The van der Waals surface area contributed by atoms with Crippen molar-refractivity contribution in [2.24, 2.45) is 0 Å². The van der Waals surface area contributed by atoms with Crippen molar-refractivity contribution in [1.29, 1.82) is 0 Å². The van der Waals surface area contributed by atoms with Crippen molar-refractivity contribution in [3.8, 4) is 0 Å². The standard InChI is InChI=1S/C21H20N2O7/c1-3-5-15-11-19(22(25)26)9-7-17(15)13-29-21(24)30-14-18-8-10-20(23(27)28)12-16(18)6-4-2/h3-4,7-12H,1-2,5-6,13-14H2. The van der Waals surface area contributed by atoms with Crippen LogP contribution in [0.1, 0.15) is 22.3 Å². The van der Waals surface area contributed by atoms with Crippen LogP contribution in [-0.2, 0) is 35.5 Å². The highest BCUT2D eigenvalue weighted by Gasteiger charge is 2.14. The maximum atomic E-state index is 12.0. The van der Waals surface area contributed by atoms with Crippen LogP contribution in [0.3, 0.4) is 0 Å². The monoisotopic (exact) mass is 412 g/mol. The Morgan fingerprint density at radius 2 is 1.20 bits per heavy atom. The van der Waals surface area contributed by atoms with Crippen LogP contribution in [0.4, 0.5) is 16.2 Å². The second-order valence-electron chi connectivity index (χ2n) is 6.23. The van der Waals surface area contributed by atoms with Gasteiger partial charge in [-0.3, -0.25) is 20.2 Å². The van der Waals surface area contributed by atoms with E-state index in [1.54, 1.807) is 12.2 Å². The maximum absolute atomic E-state index is 12.0. The number of non-ortho nitro benzene ring substituents is 2. The molecule has 2 aromatic carbocycles. The largest absolute Gasteiger partial charge is 0.508 e. The number of rotatable bonds is 10. The van der Waals surface area contributed by atoms with Crippen molar-refractivity contribution in [2.45, 2.75) is 26.1 Å². The summed E-state index contributed by atoms with van der Waals surface area (Å²) in [5.41, 5.74) is 2.31. The van der Waals surface area contributed by atoms with E-state index in [1.807, 2.05) is 0 Å². The van der Waals surface area contributed by atoms with E-state index in [4.69, 9.17) is 9.47 Å². The Morgan fingerprint density at radius 3 is 1.53 bits per heavy atom. The number of allylic oxidation sites excluding steroid dienone is 2. The lowest BCUT2D eigenvalue weighted by atomic mass is 10.0. The Balaban J connectivity index is 2.02. The average molecular weight is 412 g/mol. The highest BCUT2D eigenvalue weighted by atomic mass is 16.7. The molecule has 9 heteroatoms. The van der Waals surface area contributed by atoms with Gasteiger partial charge in [0.2, 0.25) is 0 Å². The topological polar surface area (TPSA) is 122 Å². The number of hydrogen-bond acceptors (Lipinski definition) is 7. The Kier molecular flexibility index (Phi) is 7.81. The molecule has 0 aromatic heterocycles. The van der Waals surface area contributed by atoms with Crippen LogP contribution in [0, 0.1) is 20.2 Å². The summed E-state index contributed by atoms with van der Waals surface area (Å²) >= 11 is 0. The second kappa shape index (κ2) is 10.5. The summed E-state index contributed by atoms with van der Waals surface area (Å²) in [5.74, 6) is 0. The molecule has 2 aromatic rings. The molecule has 0 bridgehead atoms. The van der Waals surface area contributed by atoms with Crippen molar-refractivity contribution in [3.05, 3.63) is 104 Å². The Bertz CT molecular complexity index is 908. The van der Waals surface area contributed by atoms with Gasteiger partial charge in [0.1, 0.15) is 13.2 Å². The van der Waals surface area contributed by atoms with E-state index in [-0.39, 0.29) is 24.6 Å². The summed E-state index contributed by atoms with van der Waals surface area (Å²) in [6.45, 7) is 6.99. The molecular formula is C21H20N2O7. The molecule has 30 heavy (non-hydrogen) atoms. The van der Waals surface area contributed by atoms with Crippen LogP contribution in [0.2, 0.25) is 0 Å². The van der Waals surface area contributed by atoms with Crippen molar-refractivity contribution >= 4 is 17.5 Å². The molecule has 0 saturated heterocycles. The molecule has 0 heterocycles. The van der Waals surface area contributed by atoms with E-state index < -0.39 is 16.0 Å². The first-order valence-corrected chi connectivity index (χ1v) is 8.89. The van der Waals surface area contributed by atoms with Crippen molar-refractivity contribution < 1.29 is 24.1 Å². The third-order valence-corrected chi connectivity index (χ3v) is 4.22. The molecule has 0 spiro atoms. The fourth-order valence-corrected chi connectivity index (χ4v) is 2.74. The van der Waals surface area contributed by atoms with Gasteiger partial charge in [0.15, 0.2) is 0 Å². The molecule has 0 radical (unpaired) electrons. The van der Waals surface area contributed by atoms with Gasteiger partial charge in [-0.1, -0.05) is 12.2 Å². The van der Waals surface area contributed by atoms with Gasteiger partial charge < -0.3 is 9.47 Å². The second-order valence-corrected chi connectivity index (χ2v) is 6.23. The first kappa shape index (κ1) is 22.3. The van der Waals surface area contributed by atoms with Crippen molar-refractivity contribution in [1.82, 2.24) is 0 Å². The number of benzene rings is 2. The molecule has 0 atom stereocenters. The molecule has 156 valence electrons. The molecule has 0 unspecified atom stereocenters. The van der Waals surface area contributed by atoms with Gasteiger partial charge in [-0.15, -0.1) is 13.2 Å². The minimum Gasteiger partial charge on any atom is -0.429 e. The van der Waals surface area contributed by atoms with Gasteiger partial charge in [0.25, 0.3) is 11.4 Å². The molecule has 0 amide bonds. The first-order chi connectivity index (χ1) is 14.3. The lowest BCUT2D eigenvalue weighted by Gasteiger charge is -2.11. The Morgan fingerprint density at radius 1 is 0.800 bits per heavy atom. The Labute approximate surface area is 172 Å². The van der Waals surface area contributed by atoms with Crippen LogP contribution >= 0.6 is 0 Å². The molecule has 2 rings (SSSR count). The lowest BCUT2D eigenvalue weighted by Crippen LogP contribution is -2.09. The molecule has 0 N–H and O–H groups in total. The van der Waals surface area contributed by atoms with E-state index in [9.17, 15) is 25.0 Å². The van der Waals surface area contributed by atoms with Crippen LogP contribution in [0.15, 0.2) is 61.7 Å². The maximum Gasteiger partial charge on any atom is 0.508 e. The molecule has 0 aliphatic carbocycles. The van der Waals surface area contributed by atoms with Gasteiger partial charge in [0, 0.05) is 24.3 Å². The minimum atomic E-state index is -0.930. The van der Waals surface area contributed by atoms with Crippen LogP contribution < -0.4 is 0 Å². The zero-order valence-electron chi connectivity index (χ0n) is 16.1. The number of nitro groups is 2. The quantitative estimate of drug-likeness (QED) is 0.237. The summed E-state index contributed by atoms with van der Waals surface area (Å²) in [6.07, 6.45) is 3.01. The van der Waals surface area contributed by atoms with Gasteiger partial charge >= 0.3 is 6.16 Å². The van der Waals surface area contributed by atoms with Gasteiger partial charge in [0.05, 0.1) is 9.85 Å². The summed E-state index contributed by atoms with van der Waals surface area (Å²) in [4.78, 5) is 32.8. The van der Waals surface area contributed by atoms with E-state index in [0.717, 1.165) is 0 Å².